The molecule has 118 valence electrons. The Morgan fingerprint density at radius 2 is 2.10 bits per heavy atom. The van der Waals surface area contributed by atoms with Gasteiger partial charge in [-0.1, -0.05) is 0 Å². The number of ether oxygens (including phenoxy) is 3. The van der Waals surface area contributed by atoms with E-state index in [2.05, 4.69) is 4.72 Å². The molecule has 1 aromatic rings. The lowest BCUT2D eigenvalue weighted by molar-refractivity contribution is 0.0902. The summed E-state index contributed by atoms with van der Waals surface area (Å²) in [5.74, 6) is 0.740. The third-order valence-electron chi connectivity index (χ3n) is 3.52. The number of hydrogen-bond acceptors (Lipinski definition) is 5. The van der Waals surface area contributed by atoms with Gasteiger partial charge >= 0.3 is 0 Å². The van der Waals surface area contributed by atoms with Gasteiger partial charge in [0.05, 0.1) is 20.3 Å². The van der Waals surface area contributed by atoms with Gasteiger partial charge in [-0.25, -0.2) is 13.1 Å². The van der Waals surface area contributed by atoms with E-state index in [1.807, 2.05) is 0 Å². The Morgan fingerprint density at radius 1 is 1.33 bits per heavy atom. The number of sulfonamides is 1. The Balaban J connectivity index is 2.25. The van der Waals surface area contributed by atoms with E-state index >= 15 is 0 Å². The summed E-state index contributed by atoms with van der Waals surface area (Å²) in [6, 6.07) is 4.38. The highest BCUT2D eigenvalue weighted by molar-refractivity contribution is 7.89. The molecule has 1 fully saturated rings. The molecular formula is C14H21NO5S. The van der Waals surface area contributed by atoms with Gasteiger partial charge in [0, 0.05) is 18.7 Å². The zero-order valence-electron chi connectivity index (χ0n) is 12.5. The number of hydrogen-bond donors (Lipinski definition) is 1. The van der Waals surface area contributed by atoms with E-state index in [1.165, 1.54) is 20.3 Å². The van der Waals surface area contributed by atoms with Gasteiger partial charge in [-0.3, -0.25) is 0 Å². The first kappa shape index (κ1) is 16.1. The minimum atomic E-state index is -3.71. The summed E-state index contributed by atoms with van der Waals surface area (Å²) in [4.78, 5) is 0.0641. The predicted molar refractivity (Wildman–Crippen MR) is 78.3 cm³/mol. The Hall–Kier alpha value is -1.31. The maximum Gasteiger partial charge on any atom is 0.244 e. The Labute approximate surface area is 125 Å². The average molecular weight is 315 g/mol. The second kappa shape index (κ2) is 6.64. The molecule has 0 aromatic heterocycles. The van der Waals surface area contributed by atoms with Gasteiger partial charge in [-0.2, -0.15) is 0 Å². The molecule has 1 N–H and O–H groups in total. The Morgan fingerprint density at radius 3 is 2.67 bits per heavy atom. The number of methoxy groups -OCH3 is 2. The SMILES string of the molecule is COc1ccc(OC)c(S(=O)(=O)NC(C)C2CCCO2)c1. The van der Waals surface area contributed by atoms with Crippen LogP contribution < -0.4 is 14.2 Å². The molecule has 2 atom stereocenters. The first-order chi connectivity index (χ1) is 9.97. The molecule has 6 nitrogen and oxygen atoms in total. The fourth-order valence-corrected chi connectivity index (χ4v) is 3.83. The molecule has 0 bridgehead atoms. The van der Waals surface area contributed by atoms with Crippen LogP contribution in [0.5, 0.6) is 11.5 Å². The molecular weight excluding hydrogens is 294 g/mol. The molecule has 21 heavy (non-hydrogen) atoms. The first-order valence-electron chi connectivity index (χ1n) is 6.84. The second-order valence-corrected chi connectivity index (χ2v) is 6.66. The Kier molecular flexibility index (Phi) is 5.08. The molecule has 1 heterocycles. The average Bonchev–Trinajstić information content (AvgIpc) is 3.00. The topological polar surface area (TPSA) is 73.9 Å². The van der Waals surface area contributed by atoms with Gasteiger partial charge in [0.1, 0.15) is 16.4 Å². The molecule has 1 saturated heterocycles. The van der Waals surface area contributed by atoms with Crippen molar-refractivity contribution in [1.82, 2.24) is 4.72 Å². The lowest BCUT2D eigenvalue weighted by atomic mass is 10.1. The van der Waals surface area contributed by atoms with Gasteiger partial charge in [0.15, 0.2) is 0 Å². The largest absolute Gasteiger partial charge is 0.497 e. The fraction of sp³-hybridized carbons (Fsp3) is 0.571. The van der Waals surface area contributed by atoms with Crippen LogP contribution in [0.25, 0.3) is 0 Å². The molecule has 0 spiro atoms. The third-order valence-corrected chi connectivity index (χ3v) is 5.10. The molecule has 1 aliphatic rings. The molecule has 1 aromatic carbocycles. The lowest BCUT2D eigenvalue weighted by Crippen LogP contribution is -2.40. The van der Waals surface area contributed by atoms with Crippen LogP contribution in [0.2, 0.25) is 0 Å². The zero-order chi connectivity index (χ0) is 15.5. The smallest absolute Gasteiger partial charge is 0.244 e. The van der Waals surface area contributed by atoms with Crippen LogP contribution in [-0.2, 0) is 14.8 Å². The van der Waals surface area contributed by atoms with Gasteiger partial charge in [-0.15, -0.1) is 0 Å². The van der Waals surface area contributed by atoms with Crippen LogP contribution in [0, 0.1) is 0 Å². The number of benzene rings is 1. The normalized spacial score (nSPS) is 20.2. The van der Waals surface area contributed by atoms with Crippen molar-refractivity contribution in [3.05, 3.63) is 18.2 Å². The maximum absolute atomic E-state index is 12.5. The van der Waals surface area contributed by atoms with E-state index < -0.39 is 10.0 Å². The molecule has 2 unspecified atom stereocenters. The summed E-state index contributed by atoms with van der Waals surface area (Å²) in [7, 11) is -0.786. The first-order valence-corrected chi connectivity index (χ1v) is 8.32. The van der Waals surface area contributed by atoms with Crippen molar-refractivity contribution in [2.45, 2.75) is 36.8 Å². The maximum atomic E-state index is 12.5. The van der Waals surface area contributed by atoms with Crippen LogP contribution in [0.4, 0.5) is 0 Å². The van der Waals surface area contributed by atoms with Crippen molar-refractivity contribution < 1.29 is 22.6 Å². The molecule has 1 aliphatic heterocycles. The monoisotopic (exact) mass is 315 g/mol. The summed E-state index contributed by atoms with van der Waals surface area (Å²) in [5.41, 5.74) is 0. The third kappa shape index (κ3) is 3.66. The number of rotatable bonds is 6. The summed E-state index contributed by atoms with van der Waals surface area (Å²) in [6.07, 6.45) is 1.73. The van der Waals surface area contributed by atoms with E-state index in [1.54, 1.807) is 19.1 Å². The van der Waals surface area contributed by atoms with Crippen molar-refractivity contribution >= 4 is 10.0 Å². The second-order valence-electron chi connectivity index (χ2n) is 4.98. The molecule has 0 aliphatic carbocycles. The Bertz CT molecular complexity index is 581. The summed E-state index contributed by atoms with van der Waals surface area (Å²) < 4.78 is 43.5. The van der Waals surface area contributed by atoms with Crippen molar-refractivity contribution in [3.8, 4) is 11.5 Å². The van der Waals surface area contributed by atoms with Gasteiger partial charge in [0.2, 0.25) is 10.0 Å². The molecule has 2 rings (SSSR count). The summed E-state index contributed by atoms with van der Waals surface area (Å²) >= 11 is 0. The number of nitrogens with one attached hydrogen (secondary N) is 1. The molecule has 0 saturated carbocycles. The van der Waals surface area contributed by atoms with Crippen LogP contribution in [0.3, 0.4) is 0 Å². The highest BCUT2D eigenvalue weighted by atomic mass is 32.2. The highest BCUT2D eigenvalue weighted by Gasteiger charge is 2.28. The minimum Gasteiger partial charge on any atom is -0.497 e. The summed E-state index contributed by atoms with van der Waals surface area (Å²) in [6.45, 7) is 2.49. The highest BCUT2D eigenvalue weighted by Crippen LogP contribution is 2.28. The quantitative estimate of drug-likeness (QED) is 0.862. The van der Waals surface area contributed by atoms with Crippen LogP contribution in [-0.4, -0.2) is 41.4 Å². The van der Waals surface area contributed by atoms with E-state index in [-0.39, 0.29) is 22.8 Å². The molecule has 0 radical (unpaired) electrons. The van der Waals surface area contributed by atoms with Crippen molar-refractivity contribution in [2.75, 3.05) is 20.8 Å². The standard InChI is InChI=1S/C14H21NO5S/c1-10(12-5-4-8-20-12)15-21(16,17)14-9-11(18-2)6-7-13(14)19-3/h6-7,9-10,12,15H,4-5,8H2,1-3H3. The van der Waals surface area contributed by atoms with Gasteiger partial charge in [0.25, 0.3) is 0 Å². The van der Waals surface area contributed by atoms with E-state index in [9.17, 15) is 8.42 Å². The minimum absolute atomic E-state index is 0.0641. The van der Waals surface area contributed by atoms with Crippen LogP contribution in [0.1, 0.15) is 19.8 Å². The fourth-order valence-electron chi connectivity index (χ4n) is 2.38. The van der Waals surface area contributed by atoms with E-state index in [4.69, 9.17) is 14.2 Å². The van der Waals surface area contributed by atoms with Gasteiger partial charge in [-0.05, 0) is 31.9 Å². The van der Waals surface area contributed by atoms with Crippen LogP contribution in [0.15, 0.2) is 23.1 Å². The van der Waals surface area contributed by atoms with E-state index in [0.29, 0.717) is 12.4 Å². The molecule has 7 heteroatoms. The van der Waals surface area contributed by atoms with E-state index in [0.717, 1.165) is 12.8 Å². The summed E-state index contributed by atoms with van der Waals surface area (Å²) in [5, 5.41) is 0. The molecule has 0 amide bonds. The lowest BCUT2D eigenvalue weighted by Gasteiger charge is -2.20. The van der Waals surface area contributed by atoms with Crippen molar-refractivity contribution in [2.24, 2.45) is 0 Å². The zero-order valence-corrected chi connectivity index (χ0v) is 13.3. The van der Waals surface area contributed by atoms with Crippen LogP contribution >= 0.6 is 0 Å². The predicted octanol–water partition coefficient (Wildman–Crippen LogP) is 1.55. The van der Waals surface area contributed by atoms with Crippen molar-refractivity contribution in [1.29, 1.82) is 0 Å². The van der Waals surface area contributed by atoms with Gasteiger partial charge < -0.3 is 14.2 Å². The van der Waals surface area contributed by atoms with Crippen molar-refractivity contribution in [3.63, 3.8) is 0 Å².